The van der Waals surface area contributed by atoms with Crippen molar-refractivity contribution in [1.82, 2.24) is 0 Å². The van der Waals surface area contributed by atoms with Crippen LogP contribution < -0.4 is 9.64 Å². The monoisotopic (exact) mass is 291 g/mol. The third-order valence-corrected chi connectivity index (χ3v) is 3.18. The zero-order valence-corrected chi connectivity index (χ0v) is 11.0. The number of anilines is 2. The van der Waals surface area contributed by atoms with Crippen LogP contribution in [0.15, 0.2) is 54.6 Å². The molecule has 0 unspecified atom stereocenters. The summed E-state index contributed by atoms with van der Waals surface area (Å²) in [5.41, 5.74) is 2.66. The molecule has 0 fully saturated rings. The molecule has 0 saturated carbocycles. The molecule has 5 heteroatoms. The van der Waals surface area contributed by atoms with E-state index in [4.69, 9.17) is 0 Å². The minimum atomic E-state index is -4.68. The number of fused-ring (bicyclic) bond motifs is 1. The maximum absolute atomic E-state index is 12.3. The first-order valence-electron chi connectivity index (χ1n) is 6.42. The summed E-state index contributed by atoms with van der Waals surface area (Å²) in [4.78, 5) is 1.94. The third kappa shape index (κ3) is 3.02. The Labute approximate surface area is 120 Å². The van der Waals surface area contributed by atoms with E-state index >= 15 is 0 Å². The largest absolute Gasteiger partial charge is 0.573 e. The molecular formula is C16H12F3NO. The van der Waals surface area contributed by atoms with Gasteiger partial charge in [-0.15, -0.1) is 13.2 Å². The molecule has 2 nitrogen and oxygen atoms in total. The molecule has 1 aliphatic heterocycles. The van der Waals surface area contributed by atoms with E-state index in [0.717, 1.165) is 11.3 Å². The molecule has 21 heavy (non-hydrogen) atoms. The Hall–Kier alpha value is -2.43. The minimum absolute atomic E-state index is 0.216. The van der Waals surface area contributed by atoms with Gasteiger partial charge in [-0.3, -0.25) is 0 Å². The summed E-state index contributed by atoms with van der Waals surface area (Å²) in [6, 6.07) is 13.7. The molecular weight excluding hydrogens is 279 g/mol. The first-order valence-corrected chi connectivity index (χ1v) is 6.42. The maximum atomic E-state index is 12.3. The number of nitrogens with zero attached hydrogens (tertiary/aromatic N) is 1. The van der Waals surface area contributed by atoms with Crippen molar-refractivity contribution in [3.63, 3.8) is 0 Å². The van der Waals surface area contributed by atoms with Crippen LogP contribution >= 0.6 is 0 Å². The van der Waals surface area contributed by atoms with Gasteiger partial charge in [0.25, 0.3) is 0 Å². The first-order chi connectivity index (χ1) is 10.0. The fraction of sp³-hybridized carbons (Fsp3) is 0.125. The maximum Gasteiger partial charge on any atom is 0.573 e. The summed E-state index contributed by atoms with van der Waals surface area (Å²) in [7, 11) is 0. The molecule has 0 amide bonds. The molecule has 0 aromatic heterocycles. The van der Waals surface area contributed by atoms with Crippen LogP contribution in [0.5, 0.6) is 5.75 Å². The van der Waals surface area contributed by atoms with Crippen LogP contribution in [0.4, 0.5) is 24.5 Å². The molecule has 0 bridgehead atoms. The highest BCUT2D eigenvalue weighted by atomic mass is 19.4. The summed E-state index contributed by atoms with van der Waals surface area (Å²) < 4.78 is 40.9. The van der Waals surface area contributed by atoms with Crippen molar-refractivity contribution in [1.29, 1.82) is 0 Å². The fourth-order valence-corrected chi connectivity index (χ4v) is 2.35. The van der Waals surface area contributed by atoms with Gasteiger partial charge < -0.3 is 9.64 Å². The predicted molar refractivity (Wildman–Crippen MR) is 75.6 cm³/mol. The number of hydrogen-bond donors (Lipinski definition) is 0. The Morgan fingerprint density at radius 3 is 2.62 bits per heavy atom. The summed E-state index contributed by atoms with van der Waals surface area (Å²) in [5.74, 6) is -0.216. The van der Waals surface area contributed by atoms with Gasteiger partial charge in [-0.2, -0.15) is 0 Å². The summed E-state index contributed by atoms with van der Waals surface area (Å²) in [6.07, 6.45) is -0.708. The van der Waals surface area contributed by atoms with E-state index in [1.807, 2.05) is 41.3 Å². The van der Waals surface area contributed by atoms with Crippen molar-refractivity contribution in [3.8, 4) is 5.75 Å². The number of para-hydroxylation sites is 1. The van der Waals surface area contributed by atoms with E-state index in [-0.39, 0.29) is 5.75 Å². The first kappa shape index (κ1) is 13.5. The zero-order valence-electron chi connectivity index (χ0n) is 11.0. The Bertz CT molecular complexity index is 679. The highest BCUT2D eigenvalue weighted by molar-refractivity contribution is 5.77. The Morgan fingerprint density at radius 2 is 1.81 bits per heavy atom. The van der Waals surface area contributed by atoms with Crippen LogP contribution in [0.1, 0.15) is 5.56 Å². The molecule has 0 saturated heterocycles. The number of alkyl halides is 3. The Kier molecular flexibility index (Phi) is 3.33. The third-order valence-electron chi connectivity index (χ3n) is 3.18. The van der Waals surface area contributed by atoms with Crippen molar-refractivity contribution in [2.75, 3.05) is 11.4 Å². The molecule has 2 aromatic carbocycles. The van der Waals surface area contributed by atoms with Gasteiger partial charge in [0.05, 0.1) is 0 Å². The van der Waals surface area contributed by atoms with Crippen LogP contribution in [0.2, 0.25) is 0 Å². The van der Waals surface area contributed by atoms with E-state index in [1.54, 1.807) is 12.1 Å². The van der Waals surface area contributed by atoms with Crippen LogP contribution in [0, 0.1) is 0 Å². The lowest BCUT2D eigenvalue weighted by Gasteiger charge is -2.28. The SMILES string of the molecule is FC(F)(F)Oc1cccc(N2CC=Cc3ccccc32)c1. The van der Waals surface area contributed by atoms with Gasteiger partial charge in [-0.1, -0.05) is 36.4 Å². The van der Waals surface area contributed by atoms with Gasteiger partial charge in [0.15, 0.2) is 0 Å². The smallest absolute Gasteiger partial charge is 0.406 e. The van der Waals surface area contributed by atoms with E-state index in [1.165, 1.54) is 12.1 Å². The second kappa shape index (κ2) is 5.16. The van der Waals surface area contributed by atoms with Crippen LogP contribution in [0.25, 0.3) is 6.08 Å². The van der Waals surface area contributed by atoms with E-state index in [2.05, 4.69) is 4.74 Å². The van der Waals surface area contributed by atoms with Gasteiger partial charge in [0.1, 0.15) is 5.75 Å². The predicted octanol–water partition coefficient (Wildman–Crippen LogP) is 4.75. The normalized spacial score (nSPS) is 14.0. The van der Waals surface area contributed by atoms with Crippen molar-refractivity contribution < 1.29 is 17.9 Å². The van der Waals surface area contributed by atoms with Crippen LogP contribution in [-0.2, 0) is 0 Å². The summed E-state index contributed by atoms with van der Waals surface area (Å²) in [6.45, 7) is 0.604. The zero-order chi connectivity index (χ0) is 14.9. The highest BCUT2D eigenvalue weighted by Gasteiger charge is 2.31. The topological polar surface area (TPSA) is 12.5 Å². The number of rotatable bonds is 2. The van der Waals surface area contributed by atoms with Crippen molar-refractivity contribution in [2.45, 2.75) is 6.36 Å². The lowest BCUT2D eigenvalue weighted by molar-refractivity contribution is -0.274. The van der Waals surface area contributed by atoms with Gasteiger partial charge in [0, 0.05) is 24.0 Å². The number of benzene rings is 2. The molecule has 1 aliphatic rings. The Morgan fingerprint density at radius 1 is 1.00 bits per heavy atom. The molecule has 1 heterocycles. The molecule has 108 valence electrons. The number of hydrogen-bond acceptors (Lipinski definition) is 2. The molecule has 0 spiro atoms. The Balaban J connectivity index is 1.95. The quantitative estimate of drug-likeness (QED) is 0.791. The van der Waals surface area contributed by atoms with Gasteiger partial charge in [0.2, 0.25) is 0 Å². The second-order valence-electron chi connectivity index (χ2n) is 4.62. The van der Waals surface area contributed by atoms with Crippen LogP contribution in [0.3, 0.4) is 0 Å². The molecule has 2 aromatic rings. The van der Waals surface area contributed by atoms with Crippen molar-refractivity contribution in [3.05, 3.63) is 60.2 Å². The van der Waals surface area contributed by atoms with Crippen molar-refractivity contribution in [2.24, 2.45) is 0 Å². The average molecular weight is 291 g/mol. The lowest BCUT2D eigenvalue weighted by atomic mass is 10.1. The molecule has 0 radical (unpaired) electrons. The fourth-order valence-electron chi connectivity index (χ4n) is 2.35. The molecule has 0 N–H and O–H groups in total. The van der Waals surface area contributed by atoms with Crippen molar-refractivity contribution >= 4 is 17.5 Å². The molecule has 0 atom stereocenters. The second-order valence-corrected chi connectivity index (χ2v) is 4.62. The van der Waals surface area contributed by atoms with E-state index in [0.29, 0.717) is 12.2 Å². The van der Waals surface area contributed by atoms with Crippen LogP contribution in [-0.4, -0.2) is 12.9 Å². The van der Waals surface area contributed by atoms with Gasteiger partial charge in [-0.05, 0) is 23.8 Å². The summed E-state index contributed by atoms with van der Waals surface area (Å²) >= 11 is 0. The molecule has 0 aliphatic carbocycles. The highest BCUT2D eigenvalue weighted by Crippen LogP contribution is 2.34. The minimum Gasteiger partial charge on any atom is -0.406 e. The van der Waals surface area contributed by atoms with E-state index in [9.17, 15) is 13.2 Å². The van der Waals surface area contributed by atoms with E-state index < -0.39 is 6.36 Å². The summed E-state index contributed by atoms with van der Waals surface area (Å²) in [5, 5.41) is 0. The number of ether oxygens (including phenoxy) is 1. The number of halogens is 3. The molecule has 3 rings (SSSR count). The van der Waals surface area contributed by atoms with Gasteiger partial charge >= 0.3 is 6.36 Å². The average Bonchev–Trinajstić information content (AvgIpc) is 2.45. The lowest BCUT2D eigenvalue weighted by Crippen LogP contribution is -2.21. The standard InChI is InChI=1S/C16H12F3NO/c17-16(18,19)21-14-8-3-7-13(11-14)20-10-4-6-12-5-1-2-9-15(12)20/h1-9,11H,10H2. The van der Waals surface area contributed by atoms with Gasteiger partial charge in [-0.25, -0.2) is 0 Å².